The van der Waals surface area contributed by atoms with E-state index in [-0.39, 0.29) is 36.2 Å². The van der Waals surface area contributed by atoms with Gasteiger partial charge in [0.25, 0.3) is 0 Å². The van der Waals surface area contributed by atoms with Crippen molar-refractivity contribution in [3.63, 3.8) is 0 Å². The number of esters is 1. The van der Waals surface area contributed by atoms with Crippen LogP contribution in [-0.2, 0) is 24.3 Å². The van der Waals surface area contributed by atoms with Gasteiger partial charge >= 0.3 is 5.97 Å². The third kappa shape index (κ3) is 2.60. The smallest absolute Gasteiger partial charge is 0.320 e. The van der Waals surface area contributed by atoms with Crippen LogP contribution >= 0.6 is 11.8 Å². The first-order valence-corrected chi connectivity index (χ1v) is 11.1. The average molecular weight is 374 g/mol. The number of hydrogen-bond acceptors (Lipinski definition) is 7. The van der Waals surface area contributed by atoms with Crippen LogP contribution in [0.2, 0.25) is 0 Å². The van der Waals surface area contributed by atoms with Gasteiger partial charge in [-0.2, -0.15) is 11.8 Å². The summed E-state index contributed by atoms with van der Waals surface area (Å²) in [4.78, 5) is 26.4. The maximum Gasteiger partial charge on any atom is 0.320 e. The van der Waals surface area contributed by atoms with E-state index in [0.29, 0.717) is 6.42 Å². The van der Waals surface area contributed by atoms with Crippen molar-refractivity contribution >= 4 is 33.5 Å². The highest BCUT2D eigenvalue weighted by Crippen LogP contribution is 2.56. The molecule has 0 aromatic heterocycles. The summed E-state index contributed by atoms with van der Waals surface area (Å²) in [7, 11) is -3.50. The highest BCUT2D eigenvalue weighted by Gasteiger charge is 2.69. The molecule has 24 heavy (non-hydrogen) atoms. The van der Waals surface area contributed by atoms with Crippen LogP contribution < -0.4 is 4.72 Å². The Morgan fingerprint density at radius 1 is 1.25 bits per heavy atom. The van der Waals surface area contributed by atoms with Crippen LogP contribution in [0.4, 0.5) is 0 Å². The summed E-state index contributed by atoms with van der Waals surface area (Å²) in [6.45, 7) is 3.41. The van der Waals surface area contributed by atoms with Crippen LogP contribution in [0.5, 0.6) is 0 Å². The van der Waals surface area contributed by atoms with Crippen LogP contribution in [-0.4, -0.2) is 73.6 Å². The average Bonchev–Trinajstić information content (AvgIpc) is 3.10. The fraction of sp³-hybridized carbons (Fsp3) is 0.867. The summed E-state index contributed by atoms with van der Waals surface area (Å²) in [6.07, 6.45) is 0.133. The lowest BCUT2D eigenvalue weighted by molar-refractivity contribution is -0.155. The minimum Gasteiger partial charge on any atom is -0.459 e. The fourth-order valence-corrected chi connectivity index (χ4v) is 8.32. The molecule has 2 saturated carbocycles. The third-order valence-corrected chi connectivity index (χ3v) is 8.77. The number of nitrogens with zero attached hydrogens (tertiary/aromatic N) is 1. The van der Waals surface area contributed by atoms with Gasteiger partial charge in [-0.1, -0.05) is 0 Å². The van der Waals surface area contributed by atoms with Crippen LogP contribution in [0, 0.1) is 17.8 Å². The summed E-state index contributed by atoms with van der Waals surface area (Å²) >= 11 is 1.87. The Hall–Kier alpha value is -0.640. The molecule has 0 aromatic carbocycles. The van der Waals surface area contributed by atoms with Gasteiger partial charge < -0.3 is 4.74 Å². The van der Waals surface area contributed by atoms with Gasteiger partial charge in [-0.3, -0.25) is 14.5 Å². The molecule has 2 aliphatic carbocycles. The maximum absolute atomic E-state index is 12.3. The number of thioether (sulfide) groups is 1. The van der Waals surface area contributed by atoms with Gasteiger partial charge in [-0.15, -0.1) is 0 Å². The monoisotopic (exact) mass is 374 g/mol. The lowest BCUT2D eigenvalue weighted by Crippen LogP contribution is -2.47. The number of ether oxygens (including phenoxy) is 1. The molecule has 4 fully saturated rings. The van der Waals surface area contributed by atoms with Gasteiger partial charge in [0, 0.05) is 36.4 Å². The SMILES string of the molecule is CC(=O)C1C2CC3C(NS(=O)(=O)C31)C2OC(=O)CN1CCSCC1. The second-order valence-electron chi connectivity index (χ2n) is 7.20. The van der Waals surface area contributed by atoms with E-state index >= 15 is 0 Å². The quantitative estimate of drug-likeness (QED) is 0.662. The van der Waals surface area contributed by atoms with Gasteiger partial charge in [0.1, 0.15) is 11.9 Å². The highest BCUT2D eigenvalue weighted by atomic mass is 32.2. The summed E-state index contributed by atoms with van der Waals surface area (Å²) in [5.41, 5.74) is 0. The second kappa shape index (κ2) is 5.96. The zero-order valence-electron chi connectivity index (χ0n) is 13.5. The summed E-state index contributed by atoms with van der Waals surface area (Å²) in [5, 5.41) is -0.640. The van der Waals surface area contributed by atoms with Gasteiger partial charge in [-0.25, -0.2) is 13.1 Å². The molecule has 134 valence electrons. The van der Waals surface area contributed by atoms with E-state index in [0.717, 1.165) is 24.6 Å². The molecule has 2 saturated heterocycles. The molecule has 6 unspecified atom stereocenters. The van der Waals surface area contributed by atoms with E-state index in [1.54, 1.807) is 0 Å². The Morgan fingerprint density at radius 2 is 1.96 bits per heavy atom. The lowest BCUT2D eigenvalue weighted by atomic mass is 9.81. The van der Waals surface area contributed by atoms with Crippen molar-refractivity contribution in [1.82, 2.24) is 9.62 Å². The van der Waals surface area contributed by atoms with Crippen molar-refractivity contribution in [3.05, 3.63) is 0 Å². The van der Waals surface area contributed by atoms with E-state index in [2.05, 4.69) is 9.62 Å². The Kier molecular flexibility index (Phi) is 4.18. The van der Waals surface area contributed by atoms with Crippen molar-refractivity contribution in [3.8, 4) is 0 Å². The van der Waals surface area contributed by atoms with Crippen molar-refractivity contribution in [1.29, 1.82) is 0 Å². The van der Waals surface area contributed by atoms with E-state index in [1.165, 1.54) is 6.92 Å². The molecule has 2 bridgehead atoms. The molecule has 0 spiro atoms. The standard InChI is InChI=1S/C15H22N2O5S2/c1-8(18)12-9-6-10-13(16-24(20,21)15(10)12)14(9)22-11(19)7-17-2-4-23-5-3-17/h9-10,12-16H,2-7H2,1H3. The lowest BCUT2D eigenvalue weighted by Gasteiger charge is -2.32. The van der Waals surface area contributed by atoms with E-state index in [4.69, 9.17) is 4.74 Å². The zero-order valence-corrected chi connectivity index (χ0v) is 15.1. The van der Waals surface area contributed by atoms with Gasteiger partial charge in [0.15, 0.2) is 0 Å². The zero-order chi connectivity index (χ0) is 17.1. The van der Waals surface area contributed by atoms with E-state index in [1.807, 2.05) is 11.8 Å². The molecule has 0 aromatic rings. The number of hydrogen-bond donors (Lipinski definition) is 1. The van der Waals surface area contributed by atoms with E-state index < -0.39 is 27.3 Å². The molecule has 6 atom stereocenters. The largest absolute Gasteiger partial charge is 0.459 e. The minimum absolute atomic E-state index is 0.113. The molecule has 0 amide bonds. The van der Waals surface area contributed by atoms with Crippen molar-refractivity contribution in [2.45, 2.75) is 30.7 Å². The first kappa shape index (κ1) is 16.8. The molecular formula is C15H22N2O5S2. The Morgan fingerprint density at radius 3 is 2.62 bits per heavy atom. The predicted octanol–water partition coefficient (Wildman–Crippen LogP) is -0.528. The fourth-order valence-electron chi connectivity index (χ4n) is 4.97. The molecule has 4 aliphatic rings. The van der Waals surface area contributed by atoms with Crippen LogP contribution in [0.15, 0.2) is 0 Å². The van der Waals surface area contributed by atoms with Crippen LogP contribution in [0.3, 0.4) is 0 Å². The predicted molar refractivity (Wildman–Crippen MR) is 89.0 cm³/mol. The molecule has 2 aliphatic heterocycles. The normalized spacial score (nSPS) is 43.0. The number of rotatable bonds is 4. The van der Waals surface area contributed by atoms with Crippen molar-refractivity contribution in [2.75, 3.05) is 31.1 Å². The minimum atomic E-state index is -3.50. The molecule has 9 heteroatoms. The van der Waals surface area contributed by atoms with Crippen molar-refractivity contribution in [2.24, 2.45) is 17.8 Å². The number of nitrogens with one attached hydrogen (secondary N) is 1. The summed E-state index contributed by atoms with van der Waals surface area (Å²) in [6, 6.07) is -0.360. The molecule has 0 radical (unpaired) electrons. The third-order valence-electron chi connectivity index (χ3n) is 5.87. The molecule has 2 heterocycles. The number of sulfonamides is 1. The Balaban J connectivity index is 1.48. The molecular weight excluding hydrogens is 352 g/mol. The second-order valence-corrected chi connectivity index (χ2v) is 10.3. The highest BCUT2D eigenvalue weighted by molar-refractivity contribution is 7.99. The number of fused-ring (bicyclic) bond motifs is 1. The van der Waals surface area contributed by atoms with Gasteiger partial charge in [0.05, 0.1) is 17.8 Å². The molecule has 1 N–H and O–H groups in total. The number of ketones is 1. The number of Topliss-reactive ketones (excluding diaryl/α,β-unsaturated/α-hetero) is 1. The van der Waals surface area contributed by atoms with Crippen LogP contribution in [0.1, 0.15) is 13.3 Å². The van der Waals surface area contributed by atoms with Crippen LogP contribution in [0.25, 0.3) is 0 Å². The Bertz CT molecular complexity index is 661. The summed E-state index contributed by atoms with van der Waals surface area (Å²) in [5.74, 6) is 0.758. The summed E-state index contributed by atoms with van der Waals surface area (Å²) < 4.78 is 33.0. The number of carbonyl (C=O) groups excluding carboxylic acids is 2. The van der Waals surface area contributed by atoms with Crippen molar-refractivity contribution < 1.29 is 22.7 Å². The van der Waals surface area contributed by atoms with Gasteiger partial charge in [0.2, 0.25) is 10.0 Å². The maximum atomic E-state index is 12.3. The first-order chi connectivity index (χ1) is 11.4. The van der Waals surface area contributed by atoms with E-state index in [9.17, 15) is 18.0 Å². The first-order valence-electron chi connectivity index (χ1n) is 8.39. The van der Waals surface area contributed by atoms with Gasteiger partial charge in [-0.05, 0) is 19.3 Å². The number of carbonyl (C=O) groups is 2. The molecule has 7 nitrogen and oxygen atoms in total. The topological polar surface area (TPSA) is 92.8 Å². The molecule has 4 rings (SSSR count). The Labute approximate surface area is 145 Å².